The van der Waals surface area contributed by atoms with Crippen molar-refractivity contribution >= 4 is 0 Å². The molecule has 0 saturated heterocycles. The highest BCUT2D eigenvalue weighted by Gasteiger charge is 2.48. The number of benzene rings is 2. The van der Waals surface area contributed by atoms with Gasteiger partial charge in [-0.05, 0) is 28.7 Å². The third kappa shape index (κ3) is 1.97. The number of nitrogens with zero attached hydrogens (tertiary/aromatic N) is 1. The number of fused-ring (bicyclic) bond motifs is 3. The molecular formula is C20H22N2. The molecule has 1 N–H and O–H groups in total. The standard InChI is InChI=1S/C20H22N2/c1-4-19(22-14(2)3)20(13-21)17-11-7-5-9-15(17)16-10-6-8-12-18(16)20/h5-12,14,19,22H,4H2,1-3H3. The average Bonchev–Trinajstić information content (AvgIpc) is 2.84. The Kier molecular flexibility index (Phi) is 3.76. The predicted octanol–water partition coefficient (Wildman–Crippen LogP) is 4.25. The Morgan fingerprint density at radius 1 is 1.00 bits per heavy atom. The summed E-state index contributed by atoms with van der Waals surface area (Å²) in [4.78, 5) is 0. The molecule has 112 valence electrons. The van der Waals surface area contributed by atoms with Crippen molar-refractivity contribution in [3.8, 4) is 17.2 Å². The lowest BCUT2D eigenvalue weighted by Gasteiger charge is -2.35. The van der Waals surface area contributed by atoms with E-state index in [0.29, 0.717) is 6.04 Å². The molecule has 0 amide bonds. The number of nitrogens with one attached hydrogen (secondary N) is 1. The molecule has 2 heteroatoms. The SMILES string of the molecule is CCC(NC(C)C)C1(C#N)c2ccccc2-c2ccccc21. The maximum Gasteiger partial charge on any atom is 0.123 e. The van der Waals surface area contributed by atoms with Crippen LogP contribution in [0.2, 0.25) is 0 Å². The first-order valence-corrected chi connectivity index (χ1v) is 8.01. The lowest BCUT2D eigenvalue weighted by atomic mass is 9.72. The minimum Gasteiger partial charge on any atom is -0.310 e. The Morgan fingerprint density at radius 3 is 1.91 bits per heavy atom. The van der Waals surface area contributed by atoms with E-state index in [1.807, 2.05) is 12.1 Å². The van der Waals surface area contributed by atoms with Gasteiger partial charge >= 0.3 is 0 Å². The molecule has 1 atom stereocenters. The van der Waals surface area contributed by atoms with Gasteiger partial charge in [0.1, 0.15) is 5.41 Å². The molecule has 2 aromatic carbocycles. The van der Waals surface area contributed by atoms with Crippen molar-refractivity contribution in [3.63, 3.8) is 0 Å². The Labute approximate surface area is 132 Å². The van der Waals surface area contributed by atoms with E-state index in [0.717, 1.165) is 17.5 Å². The average molecular weight is 290 g/mol. The first-order chi connectivity index (χ1) is 10.6. The molecule has 0 fully saturated rings. The van der Waals surface area contributed by atoms with Gasteiger partial charge in [-0.1, -0.05) is 69.3 Å². The fourth-order valence-corrected chi connectivity index (χ4v) is 3.79. The Balaban J connectivity index is 2.29. The second-order valence-electron chi connectivity index (χ2n) is 6.29. The fourth-order valence-electron chi connectivity index (χ4n) is 3.79. The Hall–Kier alpha value is -2.11. The summed E-state index contributed by atoms with van der Waals surface area (Å²) < 4.78 is 0. The van der Waals surface area contributed by atoms with Gasteiger partial charge in [0.15, 0.2) is 0 Å². The minimum absolute atomic E-state index is 0.0994. The van der Waals surface area contributed by atoms with Crippen LogP contribution in [-0.2, 0) is 5.41 Å². The Morgan fingerprint density at radius 2 is 1.50 bits per heavy atom. The van der Waals surface area contributed by atoms with Crippen LogP contribution < -0.4 is 5.32 Å². The van der Waals surface area contributed by atoms with Crippen LogP contribution in [0, 0.1) is 11.3 Å². The Bertz CT molecular complexity index is 679. The summed E-state index contributed by atoms with van der Waals surface area (Å²) >= 11 is 0. The van der Waals surface area contributed by atoms with Gasteiger partial charge in [-0.3, -0.25) is 0 Å². The smallest absolute Gasteiger partial charge is 0.123 e. The predicted molar refractivity (Wildman–Crippen MR) is 90.6 cm³/mol. The summed E-state index contributed by atoms with van der Waals surface area (Å²) in [7, 11) is 0. The molecule has 1 aliphatic rings. The van der Waals surface area contributed by atoms with Crippen molar-refractivity contribution in [1.29, 1.82) is 5.26 Å². The van der Waals surface area contributed by atoms with E-state index >= 15 is 0 Å². The van der Waals surface area contributed by atoms with E-state index in [9.17, 15) is 5.26 Å². The quantitative estimate of drug-likeness (QED) is 0.913. The maximum absolute atomic E-state index is 10.2. The van der Waals surface area contributed by atoms with Gasteiger partial charge in [0.05, 0.1) is 6.07 Å². The topological polar surface area (TPSA) is 35.8 Å². The number of rotatable bonds is 4. The van der Waals surface area contributed by atoms with Crippen LogP contribution >= 0.6 is 0 Å². The van der Waals surface area contributed by atoms with Crippen LogP contribution in [-0.4, -0.2) is 12.1 Å². The summed E-state index contributed by atoms with van der Waals surface area (Å²) in [6.07, 6.45) is 0.911. The number of nitriles is 1. The van der Waals surface area contributed by atoms with Crippen LogP contribution in [0.4, 0.5) is 0 Å². The first-order valence-electron chi connectivity index (χ1n) is 8.01. The molecule has 22 heavy (non-hydrogen) atoms. The molecule has 2 nitrogen and oxygen atoms in total. The van der Waals surface area contributed by atoms with Gasteiger partial charge in [-0.2, -0.15) is 5.26 Å². The third-order valence-electron chi connectivity index (χ3n) is 4.64. The molecular weight excluding hydrogens is 268 g/mol. The van der Waals surface area contributed by atoms with E-state index < -0.39 is 5.41 Å². The lowest BCUT2D eigenvalue weighted by molar-refractivity contribution is 0.370. The molecule has 0 heterocycles. The van der Waals surface area contributed by atoms with Gasteiger partial charge in [-0.15, -0.1) is 0 Å². The van der Waals surface area contributed by atoms with Crippen molar-refractivity contribution in [3.05, 3.63) is 59.7 Å². The third-order valence-corrected chi connectivity index (χ3v) is 4.64. The van der Waals surface area contributed by atoms with Crippen LogP contribution in [0.3, 0.4) is 0 Å². The molecule has 0 aliphatic heterocycles. The summed E-state index contributed by atoms with van der Waals surface area (Å²) in [5.41, 5.74) is 4.07. The molecule has 0 saturated carbocycles. The van der Waals surface area contributed by atoms with E-state index in [2.05, 4.69) is 68.6 Å². The van der Waals surface area contributed by atoms with E-state index in [1.54, 1.807) is 0 Å². The molecule has 0 radical (unpaired) electrons. The monoisotopic (exact) mass is 290 g/mol. The van der Waals surface area contributed by atoms with Gasteiger partial charge < -0.3 is 5.32 Å². The number of hydrogen-bond acceptors (Lipinski definition) is 2. The van der Waals surface area contributed by atoms with Gasteiger partial charge in [0, 0.05) is 12.1 Å². The minimum atomic E-state index is -0.605. The fraction of sp³-hybridized carbons (Fsp3) is 0.350. The van der Waals surface area contributed by atoms with Crippen LogP contribution in [0.1, 0.15) is 38.3 Å². The molecule has 1 aliphatic carbocycles. The molecule has 0 aromatic heterocycles. The molecule has 2 aromatic rings. The zero-order valence-corrected chi connectivity index (χ0v) is 13.4. The lowest BCUT2D eigenvalue weighted by Crippen LogP contribution is -2.49. The summed E-state index contributed by atoms with van der Waals surface area (Å²) in [5, 5.41) is 13.9. The molecule has 0 spiro atoms. The van der Waals surface area contributed by atoms with Crippen molar-refractivity contribution in [2.75, 3.05) is 0 Å². The highest BCUT2D eigenvalue weighted by Crippen LogP contribution is 2.50. The van der Waals surface area contributed by atoms with Gasteiger partial charge in [0.25, 0.3) is 0 Å². The van der Waals surface area contributed by atoms with E-state index in [1.165, 1.54) is 11.1 Å². The van der Waals surface area contributed by atoms with E-state index in [-0.39, 0.29) is 6.04 Å². The zero-order chi connectivity index (χ0) is 15.7. The highest BCUT2D eigenvalue weighted by molar-refractivity contribution is 5.83. The van der Waals surface area contributed by atoms with Crippen molar-refractivity contribution < 1.29 is 0 Å². The second kappa shape index (κ2) is 5.59. The van der Waals surface area contributed by atoms with Crippen molar-refractivity contribution in [1.82, 2.24) is 5.32 Å². The van der Waals surface area contributed by atoms with Crippen LogP contribution in [0.15, 0.2) is 48.5 Å². The van der Waals surface area contributed by atoms with Gasteiger partial charge in [-0.25, -0.2) is 0 Å². The summed E-state index contributed by atoms with van der Waals surface area (Å²) in [5.74, 6) is 0. The number of hydrogen-bond donors (Lipinski definition) is 1. The van der Waals surface area contributed by atoms with E-state index in [4.69, 9.17) is 0 Å². The zero-order valence-electron chi connectivity index (χ0n) is 13.4. The molecule has 0 bridgehead atoms. The van der Waals surface area contributed by atoms with Crippen molar-refractivity contribution in [2.45, 2.75) is 44.7 Å². The van der Waals surface area contributed by atoms with Gasteiger partial charge in [0.2, 0.25) is 0 Å². The molecule has 3 rings (SSSR count). The largest absolute Gasteiger partial charge is 0.310 e. The first kappa shape index (κ1) is 14.8. The van der Waals surface area contributed by atoms with Crippen molar-refractivity contribution in [2.24, 2.45) is 0 Å². The van der Waals surface area contributed by atoms with Crippen LogP contribution in [0.25, 0.3) is 11.1 Å². The maximum atomic E-state index is 10.2. The van der Waals surface area contributed by atoms with Crippen LogP contribution in [0.5, 0.6) is 0 Å². The normalized spacial score (nSPS) is 16.0. The highest BCUT2D eigenvalue weighted by atomic mass is 15.0. The second-order valence-corrected chi connectivity index (χ2v) is 6.29. The molecule has 1 unspecified atom stereocenters. The summed E-state index contributed by atoms with van der Waals surface area (Å²) in [6, 6.07) is 19.8. The summed E-state index contributed by atoms with van der Waals surface area (Å²) in [6.45, 7) is 6.43.